The van der Waals surface area contributed by atoms with Crippen LogP contribution in [0.25, 0.3) is 0 Å². The highest BCUT2D eigenvalue weighted by atomic mass is 19.4. The lowest BCUT2D eigenvalue weighted by molar-refractivity contribution is -0.137. The fraction of sp³-hybridized carbons (Fsp3) is 0.588. The first kappa shape index (κ1) is 16.8. The molecule has 1 saturated heterocycles. The fourth-order valence-electron chi connectivity index (χ4n) is 3.01. The summed E-state index contributed by atoms with van der Waals surface area (Å²) in [6.07, 6.45) is 1.26. The molecule has 1 heterocycles. The van der Waals surface area contributed by atoms with Crippen LogP contribution in [0.4, 0.5) is 18.9 Å². The lowest BCUT2D eigenvalue weighted by Gasteiger charge is -2.38. The van der Waals surface area contributed by atoms with Gasteiger partial charge in [0.15, 0.2) is 0 Å². The quantitative estimate of drug-likeness (QED) is 0.755. The van der Waals surface area contributed by atoms with Gasteiger partial charge in [-0.2, -0.15) is 13.2 Å². The Kier molecular flexibility index (Phi) is 5.48. The van der Waals surface area contributed by atoms with Crippen LogP contribution >= 0.6 is 0 Å². The van der Waals surface area contributed by atoms with E-state index in [0.717, 1.165) is 56.1 Å². The summed E-state index contributed by atoms with van der Waals surface area (Å²) in [5.74, 6) is 0. The fourth-order valence-corrected chi connectivity index (χ4v) is 3.01. The van der Waals surface area contributed by atoms with E-state index in [-0.39, 0.29) is 6.04 Å². The van der Waals surface area contributed by atoms with Crippen molar-refractivity contribution in [2.45, 2.75) is 57.7 Å². The number of nitrogens with one attached hydrogen (secondary N) is 1. The van der Waals surface area contributed by atoms with Gasteiger partial charge in [-0.15, -0.1) is 0 Å². The molecular weight excluding hydrogens is 289 g/mol. The largest absolute Gasteiger partial charge is 0.417 e. The minimum Gasteiger partial charge on any atom is -0.368 e. The predicted molar refractivity (Wildman–Crippen MR) is 82.5 cm³/mol. The Balaban J connectivity index is 2.11. The molecule has 5 heteroatoms. The van der Waals surface area contributed by atoms with Crippen molar-refractivity contribution in [3.63, 3.8) is 0 Å². The Morgan fingerprint density at radius 1 is 1.36 bits per heavy atom. The molecule has 1 aliphatic heterocycles. The minimum atomic E-state index is -4.34. The summed E-state index contributed by atoms with van der Waals surface area (Å²) in [4.78, 5) is 2.14. The first-order chi connectivity index (χ1) is 10.4. The van der Waals surface area contributed by atoms with E-state index in [4.69, 9.17) is 5.41 Å². The molecule has 1 aromatic rings. The molecular formula is C17H22F3N2. The van der Waals surface area contributed by atoms with Crippen molar-refractivity contribution in [2.75, 3.05) is 11.4 Å². The zero-order valence-corrected chi connectivity index (χ0v) is 12.8. The molecule has 1 N–H and O–H groups in total. The van der Waals surface area contributed by atoms with Crippen molar-refractivity contribution in [2.24, 2.45) is 0 Å². The van der Waals surface area contributed by atoms with Gasteiger partial charge < -0.3 is 10.3 Å². The molecule has 1 fully saturated rings. The number of halogens is 3. The third-order valence-electron chi connectivity index (χ3n) is 4.09. The molecule has 1 atom stereocenters. The summed E-state index contributed by atoms with van der Waals surface area (Å²) in [5, 5.41) is 8.01. The van der Waals surface area contributed by atoms with Gasteiger partial charge in [0.25, 0.3) is 0 Å². The molecule has 0 bridgehead atoms. The summed E-state index contributed by atoms with van der Waals surface area (Å²) in [6, 6.07) is 6.63. The molecule has 0 spiro atoms. The standard InChI is InChI=1S/C17H22F3N2/c1-2-5-14(21)12-16-6-3-4-11-22(16)15-9-7-13(8-10-15)17(18,19)20/h7,9-10,16,21H,2-6,11-12H2,1H3. The molecule has 0 saturated carbocycles. The van der Waals surface area contributed by atoms with Gasteiger partial charge in [0.05, 0.1) is 5.56 Å². The second-order valence-corrected chi connectivity index (χ2v) is 5.86. The number of hydrogen-bond donors (Lipinski definition) is 1. The molecule has 1 unspecified atom stereocenters. The van der Waals surface area contributed by atoms with E-state index in [9.17, 15) is 13.2 Å². The number of hydrogen-bond acceptors (Lipinski definition) is 2. The Morgan fingerprint density at radius 3 is 2.73 bits per heavy atom. The number of nitrogens with zero attached hydrogens (tertiary/aromatic N) is 1. The van der Waals surface area contributed by atoms with Gasteiger partial charge >= 0.3 is 6.18 Å². The Hall–Kier alpha value is -1.52. The molecule has 1 aliphatic rings. The third-order valence-corrected chi connectivity index (χ3v) is 4.09. The lowest BCUT2D eigenvalue weighted by Crippen LogP contribution is -2.40. The molecule has 121 valence electrons. The number of benzene rings is 1. The highest BCUT2D eigenvalue weighted by molar-refractivity contribution is 5.82. The first-order valence-corrected chi connectivity index (χ1v) is 7.83. The van der Waals surface area contributed by atoms with Gasteiger partial charge in [0.2, 0.25) is 0 Å². The normalized spacial score (nSPS) is 19.3. The SMILES string of the molecule is CCCC(=N)CC1CCCCN1c1c[c]c(C(F)(F)F)cc1. The van der Waals surface area contributed by atoms with Crippen molar-refractivity contribution < 1.29 is 13.2 Å². The Bertz CT molecular complexity index is 494. The summed E-state index contributed by atoms with van der Waals surface area (Å²) in [5.41, 5.74) is 0.779. The number of piperidine rings is 1. The van der Waals surface area contributed by atoms with E-state index in [1.807, 2.05) is 0 Å². The van der Waals surface area contributed by atoms with Gasteiger partial charge in [-0.25, -0.2) is 0 Å². The summed E-state index contributed by atoms with van der Waals surface area (Å²) in [7, 11) is 0. The Labute approximate surface area is 129 Å². The molecule has 0 aliphatic carbocycles. The van der Waals surface area contributed by atoms with Crippen molar-refractivity contribution in [1.29, 1.82) is 5.41 Å². The Morgan fingerprint density at radius 2 is 2.14 bits per heavy atom. The number of alkyl halides is 3. The summed E-state index contributed by atoms with van der Waals surface area (Å²) < 4.78 is 37.9. The second-order valence-electron chi connectivity index (χ2n) is 5.86. The van der Waals surface area contributed by atoms with Crippen LogP contribution in [-0.4, -0.2) is 18.3 Å². The van der Waals surface area contributed by atoms with Crippen LogP contribution in [0.5, 0.6) is 0 Å². The van der Waals surface area contributed by atoms with Crippen molar-refractivity contribution >= 4 is 11.4 Å². The maximum Gasteiger partial charge on any atom is 0.417 e. The van der Waals surface area contributed by atoms with Crippen molar-refractivity contribution in [1.82, 2.24) is 0 Å². The molecule has 1 aromatic carbocycles. The molecule has 0 aromatic heterocycles. The van der Waals surface area contributed by atoms with E-state index >= 15 is 0 Å². The van der Waals surface area contributed by atoms with Gasteiger partial charge in [0, 0.05) is 30.4 Å². The van der Waals surface area contributed by atoms with Crippen molar-refractivity contribution in [3.05, 3.63) is 29.8 Å². The topological polar surface area (TPSA) is 27.1 Å². The predicted octanol–water partition coefficient (Wildman–Crippen LogP) is 5.07. The van der Waals surface area contributed by atoms with Gasteiger partial charge in [-0.05, 0) is 49.9 Å². The third kappa shape index (κ3) is 4.24. The number of anilines is 1. The smallest absolute Gasteiger partial charge is 0.368 e. The average molecular weight is 311 g/mol. The summed E-state index contributed by atoms with van der Waals surface area (Å²) in [6.45, 7) is 2.89. The maximum atomic E-state index is 12.6. The molecule has 0 amide bonds. The van der Waals surface area contributed by atoms with Crippen LogP contribution in [-0.2, 0) is 6.18 Å². The lowest BCUT2D eigenvalue weighted by atomic mass is 9.95. The monoisotopic (exact) mass is 311 g/mol. The highest BCUT2D eigenvalue weighted by Crippen LogP contribution is 2.32. The van der Waals surface area contributed by atoms with E-state index in [2.05, 4.69) is 17.9 Å². The van der Waals surface area contributed by atoms with Crippen molar-refractivity contribution in [3.8, 4) is 0 Å². The van der Waals surface area contributed by atoms with E-state index < -0.39 is 11.7 Å². The van der Waals surface area contributed by atoms with E-state index in [1.165, 1.54) is 12.1 Å². The first-order valence-electron chi connectivity index (χ1n) is 7.83. The maximum absolute atomic E-state index is 12.6. The second kappa shape index (κ2) is 7.16. The van der Waals surface area contributed by atoms with Crippen LogP contribution in [0, 0.1) is 11.5 Å². The van der Waals surface area contributed by atoms with Crippen LogP contribution in [0.1, 0.15) is 51.0 Å². The molecule has 22 heavy (non-hydrogen) atoms. The number of rotatable bonds is 5. The van der Waals surface area contributed by atoms with E-state index in [1.54, 1.807) is 0 Å². The highest BCUT2D eigenvalue weighted by Gasteiger charge is 2.31. The van der Waals surface area contributed by atoms with Crippen LogP contribution in [0.2, 0.25) is 0 Å². The average Bonchev–Trinajstić information content (AvgIpc) is 2.47. The van der Waals surface area contributed by atoms with Crippen LogP contribution in [0.15, 0.2) is 18.2 Å². The van der Waals surface area contributed by atoms with Crippen LogP contribution in [0.3, 0.4) is 0 Å². The minimum absolute atomic E-state index is 0.220. The zero-order chi connectivity index (χ0) is 16.2. The zero-order valence-electron chi connectivity index (χ0n) is 12.8. The molecule has 1 radical (unpaired) electrons. The van der Waals surface area contributed by atoms with Gasteiger partial charge in [-0.3, -0.25) is 0 Å². The van der Waals surface area contributed by atoms with Gasteiger partial charge in [-0.1, -0.05) is 13.3 Å². The van der Waals surface area contributed by atoms with E-state index in [0.29, 0.717) is 6.42 Å². The summed E-state index contributed by atoms with van der Waals surface area (Å²) >= 11 is 0. The molecule has 2 rings (SSSR count). The molecule has 2 nitrogen and oxygen atoms in total. The van der Waals surface area contributed by atoms with Gasteiger partial charge in [0.1, 0.15) is 0 Å². The van der Waals surface area contributed by atoms with Crippen LogP contribution < -0.4 is 4.90 Å².